The molecular weight excluding hydrogens is 362 g/mol. The minimum absolute atomic E-state index is 0.170. The molecule has 0 unspecified atom stereocenters. The summed E-state index contributed by atoms with van der Waals surface area (Å²) < 4.78 is 59.3. The second kappa shape index (κ2) is 5.93. The minimum Gasteiger partial charge on any atom is -0.439 e. The third-order valence-electron chi connectivity index (χ3n) is 3.27. The van der Waals surface area contributed by atoms with Crippen molar-refractivity contribution in [3.8, 4) is 0 Å². The molecule has 0 radical (unpaired) electrons. The first-order chi connectivity index (χ1) is 10.8. The average Bonchev–Trinajstić information content (AvgIpc) is 2.79. The molecule has 0 saturated carbocycles. The Labute approximate surface area is 144 Å². The van der Waals surface area contributed by atoms with Crippen LogP contribution in [0.5, 0.6) is 0 Å². The Bertz CT molecular complexity index is 871. The average molecular weight is 381 g/mol. The Morgan fingerprint density at radius 3 is 2.33 bits per heavy atom. The first-order valence-corrected chi connectivity index (χ1v) is 9.00. The van der Waals surface area contributed by atoms with E-state index < -0.39 is 31.9 Å². The van der Waals surface area contributed by atoms with E-state index in [-0.39, 0.29) is 22.0 Å². The van der Waals surface area contributed by atoms with E-state index in [1.165, 1.54) is 26.2 Å². The summed E-state index contributed by atoms with van der Waals surface area (Å²) >= 11 is 5.94. The molecule has 0 atom stereocenters. The predicted octanol–water partition coefficient (Wildman–Crippen LogP) is 3.71. The summed E-state index contributed by atoms with van der Waals surface area (Å²) in [6.07, 6.45) is 0. The zero-order chi connectivity index (χ0) is 18.5. The lowest BCUT2D eigenvalue weighted by Crippen LogP contribution is -2.39. The van der Waals surface area contributed by atoms with E-state index in [0.717, 1.165) is 4.90 Å². The molecule has 0 spiro atoms. The SMILES string of the molecule is CN(C)CC(F)(F)S(=O)(=O)c1c(Cl)ccc2nc(C(C)(C)C)oc12. The van der Waals surface area contributed by atoms with Gasteiger partial charge in [0.05, 0.1) is 11.6 Å². The van der Waals surface area contributed by atoms with Gasteiger partial charge in [0.25, 0.3) is 0 Å². The number of aromatic nitrogens is 1. The maximum Gasteiger partial charge on any atom is 0.362 e. The quantitative estimate of drug-likeness (QED) is 0.809. The molecule has 0 N–H and O–H groups in total. The first-order valence-electron chi connectivity index (χ1n) is 7.14. The molecule has 0 fully saturated rings. The van der Waals surface area contributed by atoms with Crippen molar-refractivity contribution in [2.24, 2.45) is 0 Å². The molecule has 1 aromatic carbocycles. The van der Waals surface area contributed by atoms with Gasteiger partial charge in [-0.2, -0.15) is 8.78 Å². The van der Waals surface area contributed by atoms with Gasteiger partial charge in [-0.05, 0) is 26.2 Å². The predicted molar refractivity (Wildman–Crippen MR) is 88.4 cm³/mol. The second-order valence-electron chi connectivity index (χ2n) is 6.87. The topological polar surface area (TPSA) is 63.4 Å². The summed E-state index contributed by atoms with van der Waals surface area (Å²) in [4.78, 5) is 4.56. The van der Waals surface area contributed by atoms with E-state index in [2.05, 4.69) is 4.98 Å². The molecule has 1 aromatic heterocycles. The van der Waals surface area contributed by atoms with E-state index in [0.29, 0.717) is 0 Å². The number of alkyl halides is 2. The minimum atomic E-state index is -5.06. The Balaban J connectivity index is 2.76. The largest absolute Gasteiger partial charge is 0.439 e. The Morgan fingerprint density at radius 2 is 1.83 bits per heavy atom. The maximum absolute atomic E-state index is 14.3. The van der Waals surface area contributed by atoms with Gasteiger partial charge in [0.1, 0.15) is 10.4 Å². The highest BCUT2D eigenvalue weighted by atomic mass is 35.5. The van der Waals surface area contributed by atoms with Crippen molar-refractivity contribution in [3.05, 3.63) is 23.0 Å². The fraction of sp³-hybridized carbons (Fsp3) is 0.533. The standard InChI is InChI=1S/C15H19ClF2N2O3S/c1-14(2,3)13-19-10-7-6-9(16)12(11(10)23-13)24(21,22)15(17,18)8-20(4)5/h6-7H,8H2,1-5H3. The van der Waals surface area contributed by atoms with Crippen molar-refractivity contribution in [2.75, 3.05) is 20.6 Å². The van der Waals surface area contributed by atoms with Crippen LogP contribution in [0.2, 0.25) is 5.02 Å². The maximum atomic E-state index is 14.3. The van der Waals surface area contributed by atoms with Crippen molar-refractivity contribution in [2.45, 2.75) is 36.3 Å². The van der Waals surface area contributed by atoms with Crippen molar-refractivity contribution in [1.29, 1.82) is 0 Å². The molecule has 5 nitrogen and oxygen atoms in total. The fourth-order valence-corrected chi connectivity index (χ4v) is 4.01. The highest BCUT2D eigenvalue weighted by Gasteiger charge is 2.49. The zero-order valence-electron chi connectivity index (χ0n) is 14.0. The third kappa shape index (κ3) is 3.27. The van der Waals surface area contributed by atoms with Gasteiger partial charge in [-0.25, -0.2) is 13.4 Å². The van der Waals surface area contributed by atoms with Gasteiger partial charge >= 0.3 is 5.25 Å². The number of hydrogen-bond donors (Lipinski definition) is 0. The molecule has 0 amide bonds. The Kier molecular flexibility index (Phi) is 4.71. The summed E-state index contributed by atoms with van der Waals surface area (Å²) in [5, 5.41) is -4.35. The Hall–Kier alpha value is -1.25. The Morgan fingerprint density at radius 1 is 1.25 bits per heavy atom. The monoisotopic (exact) mass is 380 g/mol. The van der Waals surface area contributed by atoms with E-state index in [9.17, 15) is 17.2 Å². The summed E-state index contributed by atoms with van der Waals surface area (Å²) in [5.74, 6) is 0.243. The normalized spacial score (nSPS) is 13.9. The fourth-order valence-electron chi connectivity index (χ4n) is 2.12. The number of fused-ring (bicyclic) bond motifs is 1. The number of halogens is 3. The third-order valence-corrected chi connectivity index (χ3v) is 5.55. The number of nitrogens with zero attached hydrogens (tertiary/aromatic N) is 2. The van der Waals surface area contributed by atoms with Crippen LogP contribution < -0.4 is 0 Å². The van der Waals surface area contributed by atoms with Crippen LogP contribution in [0.15, 0.2) is 21.4 Å². The van der Waals surface area contributed by atoms with Crippen molar-refractivity contribution < 1.29 is 21.6 Å². The number of oxazole rings is 1. The van der Waals surface area contributed by atoms with Crippen LogP contribution in [0.4, 0.5) is 8.78 Å². The van der Waals surface area contributed by atoms with Crippen LogP contribution in [0.3, 0.4) is 0 Å². The van der Waals surface area contributed by atoms with Crippen molar-refractivity contribution in [3.63, 3.8) is 0 Å². The molecule has 0 bridgehead atoms. The first kappa shape index (κ1) is 19.1. The number of hydrogen-bond acceptors (Lipinski definition) is 5. The molecule has 134 valence electrons. The number of sulfone groups is 1. The van der Waals surface area contributed by atoms with Crippen LogP contribution in [0.25, 0.3) is 11.1 Å². The molecule has 9 heteroatoms. The van der Waals surface area contributed by atoms with Crippen molar-refractivity contribution in [1.82, 2.24) is 9.88 Å². The molecule has 0 aliphatic carbocycles. The van der Waals surface area contributed by atoms with Gasteiger partial charge in [-0.3, -0.25) is 0 Å². The van der Waals surface area contributed by atoms with Gasteiger partial charge in [-0.1, -0.05) is 32.4 Å². The molecule has 2 aromatic rings. The summed E-state index contributed by atoms with van der Waals surface area (Å²) in [6, 6.07) is 2.68. The lowest BCUT2D eigenvalue weighted by atomic mass is 9.97. The van der Waals surface area contributed by atoms with Crippen LogP contribution >= 0.6 is 11.6 Å². The second-order valence-corrected chi connectivity index (χ2v) is 9.29. The molecule has 24 heavy (non-hydrogen) atoms. The van der Waals surface area contributed by atoms with Crippen molar-refractivity contribution >= 4 is 32.5 Å². The van der Waals surface area contributed by atoms with Crippen LogP contribution in [0.1, 0.15) is 26.7 Å². The van der Waals surface area contributed by atoms with Crippen LogP contribution in [-0.2, 0) is 15.3 Å². The molecule has 2 rings (SSSR count). The van der Waals surface area contributed by atoms with E-state index in [1.807, 2.05) is 20.8 Å². The lowest BCUT2D eigenvalue weighted by molar-refractivity contribution is 0.0613. The van der Waals surface area contributed by atoms with E-state index >= 15 is 0 Å². The summed E-state index contributed by atoms with van der Waals surface area (Å²) in [7, 11) is -2.35. The molecule has 0 aliphatic rings. The van der Waals surface area contributed by atoms with Gasteiger partial charge in [0.2, 0.25) is 15.7 Å². The van der Waals surface area contributed by atoms with Gasteiger partial charge < -0.3 is 9.32 Å². The van der Waals surface area contributed by atoms with Crippen LogP contribution in [-0.4, -0.2) is 44.2 Å². The molecule has 0 aliphatic heterocycles. The smallest absolute Gasteiger partial charge is 0.362 e. The van der Waals surface area contributed by atoms with E-state index in [4.69, 9.17) is 16.0 Å². The van der Waals surface area contributed by atoms with Crippen LogP contribution in [0, 0.1) is 0 Å². The summed E-state index contributed by atoms with van der Waals surface area (Å²) in [6.45, 7) is 4.47. The highest BCUT2D eigenvalue weighted by molar-refractivity contribution is 7.92. The zero-order valence-corrected chi connectivity index (χ0v) is 15.6. The lowest BCUT2D eigenvalue weighted by Gasteiger charge is -2.21. The van der Waals surface area contributed by atoms with Gasteiger partial charge in [-0.15, -0.1) is 0 Å². The number of rotatable bonds is 4. The molecular formula is C15H19ClF2N2O3S. The molecule has 1 heterocycles. The van der Waals surface area contributed by atoms with Gasteiger partial charge in [0.15, 0.2) is 5.58 Å². The van der Waals surface area contributed by atoms with E-state index in [1.54, 1.807) is 0 Å². The molecule has 0 saturated heterocycles. The summed E-state index contributed by atoms with van der Waals surface area (Å²) in [5.41, 5.74) is -0.590. The highest BCUT2D eigenvalue weighted by Crippen LogP contribution is 2.39. The van der Waals surface area contributed by atoms with Gasteiger partial charge in [0, 0.05) is 5.41 Å². The number of benzene rings is 1.